The lowest BCUT2D eigenvalue weighted by Crippen LogP contribution is -2.17. The molecule has 5 nitrogen and oxygen atoms in total. The molecule has 6 heteroatoms. The molecule has 0 amide bonds. The molecule has 0 atom stereocenters. The lowest BCUT2D eigenvalue weighted by atomic mass is 10.1. The third kappa shape index (κ3) is 2.32. The van der Waals surface area contributed by atoms with E-state index in [1.165, 1.54) is 12.1 Å². The van der Waals surface area contributed by atoms with Gasteiger partial charge in [0.1, 0.15) is 11.4 Å². The topological polar surface area (TPSA) is 83.1 Å². The molecule has 0 saturated carbocycles. The molecule has 2 N–H and O–H groups in total. The van der Waals surface area contributed by atoms with Gasteiger partial charge in [-0.1, -0.05) is 0 Å². The van der Waals surface area contributed by atoms with E-state index in [1.54, 1.807) is 19.9 Å². The Bertz CT molecular complexity index is 666. The van der Waals surface area contributed by atoms with E-state index in [4.69, 9.17) is 0 Å². The third-order valence-electron chi connectivity index (χ3n) is 2.46. The summed E-state index contributed by atoms with van der Waals surface area (Å²) in [5.41, 5.74) is 0.157. The number of aliphatic hydroxyl groups is 1. The summed E-state index contributed by atoms with van der Waals surface area (Å²) in [6.07, 6.45) is 1.15. The molecule has 0 fully saturated rings. The molecule has 0 aliphatic rings. The molecule has 0 aliphatic heterocycles. The van der Waals surface area contributed by atoms with Crippen LogP contribution < -0.4 is 0 Å². The van der Waals surface area contributed by atoms with Crippen molar-refractivity contribution >= 4 is 20.9 Å². The molecular formula is C11H14N2O3S. The Morgan fingerprint density at radius 2 is 2.00 bits per heavy atom. The molecule has 0 unspecified atom stereocenters. The van der Waals surface area contributed by atoms with E-state index in [9.17, 15) is 13.5 Å². The molecule has 1 heterocycles. The zero-order valence-electron chi connectivity index (χ0n) is 9.85. The van der Waals surface area contributed by atoms with Crippen LogP contribution in [-0.4, -0.2) is 29.7 Å². The SMILES string of the molecule is CC(C)(O)c1nc2ccc(S(C)(=O)=O)cc2[nH]1. The Morgan fingerprint density at radius 3 is 2.53 bits per heavy atom. The van der Waals surface area contributed by atoms with Crippen LogP contribution in [0.1, 0.15) is 19.7 Å². The van der Waals surface area contributed by atoms with E-state index in [0.717, 1.165) is 6.26 Å². The second-order valence-corrected chi connectivity index (χ2v) is 6.61. The van der Waals surface area contributed by atoms with Crippen LogP contribution in [-0.2, 0) is 15.4 Å². The maximum Gasteiger partial charge on any atom is 0.175 e. The monoisotopic (exact) mass is 254 g/mol. The summed E-state index contributed by atoms with van der Waals surface area (Å²) in [5, 5.41) is 9.81. The quantitative estimate of drug-likeness (QED) is 0.843. The summed E-state index contributed by atoms with van der Waals surface area (Å²) in [4.78, 5) is 7.36. The molecule has 0 spiro atoms. The number of hydrogen-bond acceptors (Lipinski definition) is 4. The molecule has 1 aromatic heterocycles. The van der Waals surface area contributed by atoms with Crippen LogP contribution in [0.5, 0.6) is 0 Å². The van der Waals surface area contributed by atoms with E-state index < -0.39 is 15.4 Å². The summed E-state index contributed by atoms with van der Waals surface area (Å²) in [6, 6.07) is 4.65. The van der Waals surface area contributed by atoms with Crippen molar-refractivity contribution in [3.8, 4) is 0 Å². The van der Waals surface area contributed by atoms with Gasteiger partial charge >= 0.3 is 0 Å². The number of aromatic nitrogens is 2. The minimum atomic E-state index is -3.23. The van der Waals surface area contributed by atoms with Gasteiger partial charge in [-0.05, 0) is 32.0 Å². The largest absolute Gasteiger partial charge is 0.383 e. The van der Waals surface area contributed by atoms with Crippen LogP contribution in [0.25, 0.3) is 11.0 Å². The molecule has 0 bridgehead atoms. The third-order valence-corrected chi connectivity index (χ3v) is 3.57. The van der Waals surface area contributed by atoms with Gasteiger partial charge in [-0.3, -0.25) is 0 Å². The van der Waals surface area contributed by atoms with Crippen molar-refractivity contribution in [1.82, 2.24) is 9.97 Å². The van der Waals surface area contributed by atoms with Crippen LogP contribution >= 0.6 is 0 Å². The van der Waals surface area contributed by atoms with Crippen molar-refractivity contribution in [2.45, 2.75) is 24.3 Å². The van der Waals surface area contributed by atoms with Gasteiger partial charge in [-0.2, -0.15) is 0 Å². The van der Waals surface area contributed by atoms with Gasteiger partial charge in [0.2, 0.25) is 0 Å². The second kappa shape index (κ2) is 3.54. The summed E-state index contributed by atoms with van der Waals surface area (Å²) in [6.45, 7) is 3.23. The molecule has 0 aliphatic carbocycles. The predicted molar refractivity (Wildman–Crippen MR) is 64.4 cm³/mol. The lowest BCUT2D eigenvalue weighted by Gasteiger charge is -2.12. The zero-order chi connectivity index (χ0) is 12.8. The van der Waals surface area contributed by atoms with Crippen molar-refractivity contribution in [3.05, 3.63) is 24.0 Å². The number of H-pyrrole nitrogens is 1. The fourth-order valence-corrected chi connectivity index (χ4v) is 2.16. The van der Waals surface area contributed by atoms with Crippen LogP contribution in [0.4, 0.5) is 0 Å². The van der Waals surface area contributed by atoms with Crippen LogP contribution in [0, 0.1) is 0 Å². The molecule has 0 radical (unpaired) electrons. The minimum Gasteiger partial charge on any atom is -0.383 e. The van der Waals surface area contributed by atoms with Gasteiger partial charge < -0.3 is 10.1 Å². The van der Waals surface area contributed by atoms with E-state index >= 15 is 0 Å². The highest BCUT2D eigenvalue weighted by molar-refractivity contribution is 7.90. The molecule has 1 aromatic carbocycles. The molecule has 2 rings (SSSR count). The summed E-state index contributed by atoms with van der Waals surface area (Å²) in [7, 11) is -3.23. The first-order valence-electron chi connectivity index (χ1n) is 5.10. The number of aromatic amines is 1. The highest BCUT2D eigenvalue weighted by Gasteiger charge is 2.20. The number of hydrogen-bond donors (Lipinski definition) is 2. The van der Waals surface area contributed by atoms with Crippen molar-refractivity contribution in [2.75, 3.05) is 6.26 Å². The number of sulfone groups is 1. The molecule has 2 aromatic rings. The Hall–Kier alpha value is -1.40. The summed E-state index contributed by atoms with van der Waals surface area (Å²) >= 11 is 0. The second-order valence-electron chi connectivity index (χ2n) is 4.60. The lowest BCUT2D eigenvalue weighted by molar-refractivity contribution is 0.0700. The first kappa shape index (κ1) is 12.1. The number of rotatable bonds is 2. The minimum absolute atomic E-state index is 0.232. The Morgan fingerprint density at radius 1 is 1.35 bits per heavy atom. The van der Waals surface area contributed by atoms with Gasteiger partial charge in [-0.15, -0.1) is 0 Å². The predicted octanol–water partition coefficient (Wildman–Crippen LogP) is 1.19. The molecular weight excluding hydrogens is 240 g/mol. The summed E-state index contributed by atoms with van der Waals surface area (Å²) in [5.74, 6) is 0.415. The van der Waals surface area contributed by atoms with Crippen LogP contribution in [0.15, 0.2) is 23.1 Å². The van der Waals surface area contributed by atoms with E-state index in [0.29, 0.717) is 16.9 Å². The Labute approximate surface area is 99.4 Å². The highest BCUT2D eigenvalue weighted by atomic mass is 32.2. The van der Waals surface area contributed by atoms with Gasteiger partial charge in [0.05, 0.1) is 15.9 Å². The number of nitrogens with zero attached hydrogens (tertiary/aromatic N) is 1. The zero-order valence-corrected chi connectivity index (χ0v) is 10.7. The van der Waals surface area contributed by atoms with Gasteiger partial charge in [-0.25, -0.2) is 13.4 Å². The van der Waals surface area contributed by atoms with Gasteiger partial charge in [0.25, 0.3) is 0 Å². The van der Waals surface area contributed by atoms with E-state index in [1.807, 2.05) is 0 Å². The van der Waals surface area contributed by atoms with E-state index in [-0.39, 0.29) is 4.90 Å². The van der Waals surface area contributed by atoms with Crippen molar-refractivity contribution in [2.24, 2.45) is 0 Å². The van der Waals surface area contributed by atoms with Crippen molar-refractivity contribution < 1.29 is 13.5 Å². The first-order valence-corrected chi connectivity index (χ1v) is 7.00. The average Bonchev–Trinajstić information content (AvgIpc) is 2.57. The van der Waals surface area contributed by atoms with E-state index in [2.05, 4.69) is 9.97 Å². The first-order chi connectivity index (χ1) is 7.68. The Balaban J connectivity index is 2.64. The maximum absolute atomic E-state index is 11.4. The number of nitrogens with one attached hydrogen (secondary N) is 1. The fourth-order valence-electron chi connectivity index (χ4n) is 1.51. The molecule has 92 valence electrons. The van der Waals surface area contributed by atoms with Gasteiger partial charge in [0.15, 0.2) is 9.84 Å². The smallest absolute Gasteiger partial charge is 0.175 e. The van der Waals surface area contributed by atoms with Crippen molar-refractivity contribution in [1.29, 1.82) is 0 Å². The normalized spacial score (nSPS) is 13.2. The average molecular weight is 254 g/mol. The van der Waals surface area contributed by atoms with Crippen LogP contribution in [0.2, 0.25) is 0 Å². The highest BCUT2D eigenvalue weighted by Crippen LogP contribution is 2.22. The standard InChI is InChI=1S/C11H14N2O3S/c1-11(2,14)10-12-8-5-4-7(17(3,15)16)6-9(8)13-10/h4-6,14H,1-3H3,(H,12,13). The van der Waals surface area contributed by atoms with Gasteiger partial charge in [0, 0.05) is 6.26 Å². The molecule has 0 saturated heterocycles. The number of fused-ring (bicyclic) bond motifs is 1. The fraction of sp³-hybridized carbons (Fsp3) is 0.364. The maximum atomic E-state index is 11.4. The Kier molecular flexibility index (Phi) is 2.52. The van der Waals surface area contributed by atoms with Crippen LogP contribution in [0.3, 0.4) is 0 Å². The number of benzene rings is 1. The number of imidazole rings is 1. The van der Waals surface area contributed by atoms with Crippen molar-refractivity contribution in [3.63, 3.8) is 0 Å². The molecule has 17 heavy (non-hydrogen) atoms. The summed E-state index contributed by atoms with van der Waals surface area (Å²) < 4.78 is 22.8.